The molecule has 0 amide bonds. The zero-order valence-electron chi connectivity index (χ0n) is 31.6. The molecule has 2 saturated heterocycles. The molecule has 2 aliphatic heterocycles. The Balaban J connectivity index is 0.000000216. The van der Waals surface area contributed by atoms with Gasteiger partial charge in [-0.05, 0) is 93.3 Å². The van der Waals surface area contributed by atoms with Gasteiger partial charge in [-0.2, -0.15) is 9.97 Å². The normalized spacial score (nSPS) is 18.1. The number of nitrogens with one attached hydrogen (secondary N) is 3. The number of anilines is 3. The standard InChI is InChI=1S/C18H27N5O2S.C15H19ClN4O2S.C3H9N/c1-13(2)20-18-21-16-9-5-4-8-15(16)17(22-18)23-10-6-7-14(12-23)11-19-26(3,24)25;1-23(21,22)17-9-11-5-4-8-20(10-11)14-12-6-2-3-7-13(12)18-15(16)19-14;1-3(2)4/h4-5,8-9,13-14,19H,6-7,10-12H2,1-3H3,(H,20,21,22);2-3,6-7,11,17H,4-5,8-10H2,1H3;3H,4H2,1-2H3. The summed E-state index contributed by atoms with van der Waals surface area (Å²) in [5.74, 6) is 2.90. The van der Waals surface area contributed by atoms with Gasteiger partial charge >= 0.3 is 0 Å². The van der Waals surface area contributed by atoms with Gasteiger partial charge in [0.2, 0.25) is 31.3 Å². The third kappa shape index (κ3) is 14.1. The number of fused-ring (bicyclic) bond motifs is 2. The van der Waals surface area contributed by atoms with Gasteiger partial charge in [-0.25, -0.2) is 36.2 Å². The Morgan fingerprint density at radius 2 is 1.17 bits per heavy atom. The Kier molecular flexibility index (Phi) is 15.4. The first kappa shape index (κ1) is 42.3. The second kappa shape index (κ2) is 19.3. The molecule has 4 aromatic rings. The second-order valence-corrected chi connectivity index (χ2v) is 18.4. The van der Waals surface area contributed by atoms with Crippen molar-refractivity contribution >= 4 is 71.0 Å². The van der Waals surface area contributed by atoms with E-state index in [1.807, 2.05) is 62.4 Å². The first-order chi connectivity index (χ1) is 25.0. The van der Waals surface area contributed by atoms with E-state index in [9.17, 15) is 16.8 Å². The van der Waals surface area contributed by atoms with Crippen LogP contribution in [0.1, 0.15) is 53.4 Å². The minimum atomic E-state index is -3.16. The van der Waals surface area contributed by atoms with E-state index < -0.39 is 20.0 Å². The predicted molar refractivity (Wildman–Crippen MR) is 218 cm³/mol. The molecule has 17 heteroatoms. The summed E-state index contributed by atoms with van der Waals surface area (Å²) < 4.78 is 50.6. The van der Waals surface area contributed by atoms with E-state index >= 15 is 0 Å². The number of benzene rings is 2. The Morgan fingerprint density at radius 1 is 0.736 bits per heavy atom. The summed E-state index contributed by atoms with van der Waals surface area (Å²) >= 11 is 6.06. The van der Waals surface area contributed by atoms with E-state index in [1.54, 1.807) is 0 Å². The van der Waals surface area contributed by atoms with Crippen molar-refractivity contribution < 1.29 is 16.8 Å². The number of nitrogens with zero attached hydrogens (tertiary/aromatic N) is 6. The summed E-state index contributed by atoms with van der Waals surface area (Å²) in [6.07, 6.45) is 6.41. The number of rotatable bonds is 10. The summed E-state index contributed by atoms with van der Waals surface area (Å²) in [5, 5.41) is 5.52. The first-order valence-electron chi connectivity index (χ1n) is 18.1. The predicted octanol–water partition coefficient (Wildman–Crippen LogP) is 4.62. The lowest BCUT2D eigenvalue weighted by atomic mass is 9.98. The van der Waals surface area contributed by atoms with Crippen LogP contribution < -0.4 is 30.3 Å². The molecule has 2 atom stereocenters. The number of halogens is 1. The van der Waals surface area contributed by atoms with Crippen LogP contribution in [0.2, 0.25) is 5.28 Å². The fraction of sp³-hybridized carbons (Fsp3) is 0.556. The van der Waals surface area contributed by atoms with Crippen LogP contribution in [0, 0.1) is 11.8 Å². The lowest BCUT2D eigenvalue weighted by molar-refractivity contribution is 0.410. The maximum atomic E-state index is 11.4. The van der Waals surface area contributed by atoms with Gasteiger partial charge in [0.05, 0.1) is 23.5 Å². The highest BCUT2D eigenvalue weighted by molar-refractivity contribution is 7.89. The second-order valence-electron chi connectivity index (χ2n) is 14.4. The number of para-hydroxylation sites is 2. The Hall–Kier alpha value is -3.41. The molecule has 6 rings (SSSR count). The van der Waals surface area contributed by atoms with E-state index in [0.29, 0.717) is 25.1 Å². The third-order valence-electron chi connectivity index (χ3n) is 8.46. The zero-order valence-corrected chi connectivity index (χ0v) is 34.0. The highest BCUT2D eigenvalue weighted by atomic mass is 35.5. The molecule has 0 bridgehead atoms. The fourth-order valence-corrected chi connectivity index (χ4v) is 7.53. The SMILES string of the molecule is CC(C)N.CC(C)Nc1nc(N2CCCC(CNS(C)(=O)=O)C2)c2ccccc2n1.CS(=O)(=O)NCC1CCCN(c2nc(Cl)nc3ccccc23)C1. The van der Waals surface area contributed by atoms with Crippen molar-refractivity contribution in [1.29, 1.82) is 0 Å². The molecule has 0 radical (unpaired) electrons. The molecule has 4 heterocycles. The molecular weight excluding hydrogens is 736 g/mol. The van der Waals surface area contributed by atoms with Gasteiger partial charge in [0, 0.05) is 56.1 Å². The fourth-order valence-electron chi connectivity index (χ4n) is 6.28. The molecule has 14 nitrogen and oxygen atoms in total. The molecule has 5 N–H and O–H groups in total. The van der Waals surface area contributed by atoms with Crippen molar-refractivity contribution in [2.45, 2.75) is 65.5 Å². The van der Waals surface area contributed by atoms with E-state index in [1.165, 1.54) is 12.5 Å². The topological polar surface area (TPSA) is 188 Å². The number of aromatic nitrogens is 4. The molecule has 0 saturated carbocycles. The van der Waals surface area contributed by atoms with Crippen molar-refractivity contribution in [3.63, 3.8) is 0 Å². The maximum absolute atomic E-state index is 11.4. The van der Waals surface area contributed by atoms with Gasteiger partial charge in [0.15, 0.2) is 0 Å². The summed E-state index contributed by atoms with van der Waals surface area (Å²) in [5.41, 5.74) is 6.84. The average Bonchev–Trinajstić information content (AvgIpc) is 3.08. The number of sulfonamides is 2. The van der Waals surface area contributed by atoms with Crippen molar-refractivity contribution in [2.75, 3.05) is 66.9 Å². The number of piperidine rings is 2. The highest BCUT2D eigenvalue weighted by Crippen LogP contribution is 2.30. The highest BCUT2D eigenvalue weighted by Gasteiger charge is 2.25. The summed E-state index contributed by atoms with van der Waals surface area (Å²) in [4.78, 5) is 22.5. The van der Waals surface area contributed by atoms with Crippen LogP contribution in [0.5, 0.6) is 0 Å². The van der Waals surface area contributed by atoms with Gasteiger partial charge in [-0.15, -0.1) is 0 Å². The Morgan fingerprint density at radius 3 is 1.62 bits per heavy atom. The van der Waals surface area contributed by atoms with Crippen LogP contribution in [-0.2, 0) is 20.0 Å². The van der Waals surface area contributed by atoms with Gasteiger partial charge in [-0.1, -0.05) is 38.1 Å². The van der Waals surface area contributed by atoms with E-state index in [4.69, 9.17) is 22.3 Å². The summed E-state index contributed by atoms with van der Waals surface area (Å²) in [7, 11) is -6.33. The monoisotopic (exact) mass is 790 g/mol. The van der Waals surface area contributed by atoms with E-state index in [2.05, 4.69) is 53.4 Å². The quantitative estimate of drug-likeness (QED) is 0.164. The molecule has 2 aliphatic rings. The Labute approximate surface area is 319 Å². The van der Waals surface area contributed by atoms with Gasteiger partial charge in [0.1, 0.15) is 11.6 Å². The smallest absolute Gasteiger partial charge is 0.225 e. The van der Waals surface area contributed by atoms with Crippen LogP contribution in [0.15, 0.2) is 48.5 Å². The minimum Gasteiger partial charge on any atom is -0.356 e. The van der Waals surface area contributed by atoms with Crippen LogP contribution in [-0.4, -0.2) is 101 Å². The molecule has 0 spiro atoms. The van der Waals surface area contributed by atoms with Crippen LogP contribution in [0.3, 0.4) is 0 Å². The molecule has 53 heavy (non-hydrogen) atoms. The number of nitrogens with two attached hydrogens (primary N) is 1. The van der Waals surface area contributed by atoms with Gasteiger partial charge in [-0.3, -0.25) is 0 Å². The van der Waals surface area contributed by atoms with Gasteiger partial charge < -0.3 is 20.9 Å². The van der Waals surface area contributed by atoms with Gasteiger partial charge in [0.25, 0.3) is 0 Å². The molecule has 2 aromatic heterocycles. The lowest BCUT2D eigenvalue weighted by Crippen LogP contribution is -2.41. The van der Waals surface area contributed by atoms with Crippen LogP contribution >= 0.6 is 11.6 Å². The average molecular weight is 791 g/mol. The van der Waals surface area contributed by atoms with Crippen molar-refractivity contribution in [1.82, 2.24) is 29.4 Å². The number of hydrogen-bond donors (Lipinski definition) is 4. The third-order valence-corrected chi connectivity index (χ3v) is 10.0. The van der Waals surface area contributed by atoms with E-state index in [-0.39, 0.29) is 23.2 Å². The zero-order chi connectivity index (χ0) is 38.8. The van der Waals surface area contributed by atoms with Crippen molar-refractivity contribution in [3.8, 4) is 0 Å². The minimum absolute atomic E-state index is 0.232. The van der Waals surface area contributed by atoms with Crippen LogP contribution in [0.4, 0.5) is 17.6 Å². The summed E-state index contributed by atoms with van der Waals surface area (Å²) in [6, 6.07) is 16.4. The molecule has 2 fully saturated rings. The van der Waals surface area contributed by atoms with Crippen molar-refractivity contribution in [3.05, 3.63) is 53.8 Å². The molecule has 2 aromatic carbocycles. The largest absolute Gasteiger partial charge is 0.356 e. The maximum Gasteiger partial charge on any atom is 0.225 e. The lowest BCUT2D eigenvalue weighted by Gasteiger charge is -2.34. The molecule has 2 unspecified atom stereocenters. The summed E-state index contributed by atoms with van der Waals surface area (Å²) in [6.45, 7) is 12.3. The Bertz CT molecular complexity index is 2020. The van der Waals surface area contributed by atoms with Crippen LogP contribution in [0.25, 0.3) is 21.8 Å². The molecule has 292 valence electrons. The number of hydrogen-bond acceptors (Lipinski definition) is 12. The van der Waals surface area contributed by atoms with E-state index in [0.717, 1.165) is 85.3 Å². The van der Waals surface area contributed by atoms with Crippen molar-refractivity contribution in [2.24, 2.45) is 17.6 Å². The first-order valence-corrected chi connectivity index (χ1v) is 22.2. The molecular formula is C36H55ClN10O4S2. The molecule has 0 aliphatic carbocycles.